The lowest BCUT2D eigenvalue weighted by Gasteiger charge is -2.15. The molecule has 1 aliphatic rings. The molecule has 1 aliphatic heterocycles. The second kappa shape index (κ2) is 8.64. The molecule has 0 unspecified atom stereocenters. The van der Waals surface area contributed by atoms with Gasteiger partial charge >= 0.3 is 0 Å². The molecule has 0 saturated carbocycles. The molecule has 0 spiro atoms. The summed E-state index contributed by atoms with van der Waals surface area (Å²) in [5, 5.41) is 10.2. The van der Waals surface area contributed by atoms with Crippen molar-refractivity contribution in [2.45, 2.75) is 24.7 Å². The van der Waals surface area contributed by atoms with Crippen LogP contribution in [0.3, 0.4) is 0 Å². The van der Waals surface area contributed by atoms with Crippen LogP contribution in [0, 0.1) is 6.92 Å². The highest BCUT2D eigenvalue weighted by Crippen LogP contribution is 2.22. The number of nitrogens with zero attached hydrogens (tertiary/aromatic N) is 1. The zero-order valence-electron chi connectivity index (χ0n) is 16.3. The van der Waals surface area contributed by atoms with E-state index in [0.717, 1.165) is 12.1 Å². The molecule has 158 valence electrons. The van der Waals surface area contributed by atoms with Crippen molar-refractivity contribution in [3.8, 4) is 0 Å². The lowest BCUT2D eigenvalue weighted by Crippen LogP contribution is -2.33. The van der Waals surface area contributed by atoms with Gasteiger partial charge in [-0.25, -0.2) is 13.6 Å². The quantitative estimate of drug-likeness (QED) is 0.631. The molecule has 3 rings (SSSR count). The van der Waals surface area contributed by atoms with Gasteiger partial charge in [-0.05, 0) is 55.3 Å². The fraction of sp³-hybridized carbons (Fsp3) is 0.250. The molecule has 3 amide bonds. The first-order valence-electron chi connectivity index (χ1n) is 9.27. The van der Waals surface area contributed by atoms with Gasteiger partial charge in [0.25, 0.3) is 5.91 Å². The van der Waals surface area contributed by atoms with Crippen LogP contribution >= 0.6 is 0 Å². The number of sulfonamides is 1. The summed E-state index contributed by atoms with van der Waals surface area (Å²) in [6.07, 6.45) is 1.34. The summed E-state index contributed by atoms with van der Waals surface area (Å²) in [6, 6.07) is 10.9. The van der Waals surface area contributed by atoms with Crippen LogP contribution < -0.4 is 20.7 Å². The molecule has 4 N–H and O–H groups in total. The lowest BCUT2D eigenvalue weighted by molar-refractivity contribution is -0.117. The fourth-order valence-electron chi connectivity index (χ4n) is 3.17. The molecule has 2 aromatic carbocycles. The Labute approximate surface area is 174 Å². The molecular formula is C20H22N4O5S. The van der Waals surface area contributed by atoms with Crippen LogP contribution in [0.5, 0.6) is 0 Å². The van der Waals surface area contributed by atoms with Crippen LogP contribution in [0.15, 0.2) is 47.4 Å². The number of benzene rings is 2. The monoisotopic (exact) mass is 430 g/mol. The molecule has 30 heavy (non-hydrogen) atoms. The van der Waals surface area contributed by atoms with Crippen LogP contribution in [-0.2, 0) is 19.6 Å². The van der Waals surface area contributed by atoms with Gasteiger partial charge in [0.2, 0.25) is 21.8 Å². The summed E-state index contributed by atoms with van der Waals surface area (Å²) in [5.41, 5.74) is 1.80. The standard InChI is InChI=1S/C20H22N4O5S/c1-13-4-7-15(11-17(13)30(21,28)29)23-18(25)12-22-20(27)14-5-8-16(9-6-14)24-10-2-3-19(24)26/h4-9,11H,2-3,10,12H2,1H3,(H,22,27)(H,23,25)(H2,21,28,29). The summed E-state index contributed by atoms with van der Waals surface area (Å²) >= 11 is 0. The maximum atomic E-state index is 12.3. The number of anilines is 2. The van der Waals surface area contributed by atoms with E-state index in [-0.39, 0.29) is 23.0 Å². The molecule has 1 fully saturated rings. The van der Waals surface area contributed by atoms with E-state index in [1.165, 1.54) is 12.1 Å². The Bertz CT molecular complexity index is 1100. The maximum absolute atomic E-state index is 12.3. The molecule has 0 atom stereocenters. The number of nitrogens with two attached hydrogens (primary N) is 1. The number of nitrogens with one attached hydrogen (secondary N) is 2. The number of rotatable bonds is 6. The van der Waals surface area contributed by atoms with Crippen molar-refractivity contribution >= 4 is 39.1 Å². The summed E-state index contributed by atoms with van der Waals surface area (Å²) in [7, 11) is -3.91. The van der Waals surface area contributed by atoms with E-state index < -0.39 is 21.8 Å². The Morgan fingerprint density at radius 1 is 1.13 bits per heavy atom. The third-order valence-electron chi connectivity index (χ3n) is 4.70. The Hall–Kier alpha value is -3.24. The Kier molecular flexibility index (Phi) is 6.18. The number of carbonyl (C=O) groups excluding carboxylic acids is 3. The SMILES string of the molecule is Cc1ccc(NC(=O)CNC(=O)c2ccc(N3CCCC3=O)cc2)cc1S(N)(=O)=O. The average Bonchev–Trinajstić information content (AvgIpc) is 3.13. The van der Waals surface area contributed by atoms with Gasteiger partial charge in [-0.2, -0.15) is 0 Å². The summed E-state index contributed by atoms with van der Waals surface area (Å²) in [6.45, 7) is 1.96. The molecule has 0 aromatic heterocycles. The van der Waals surface area contributed by atoms with Crippen LogP contribution in [0.1, 0.15) is 28.8 Å². The van der Waals surface area contributed by atoms with Gasteiger partial charge in [-0.1, -0.05) is 6.07 Å². The summed E-state index contributed by atoms with van der Waals surface area (Å²) in [5.74, 6) is -0.906. The van der Waals surface area contributed by atoms with E-state index in [9.17, 15) is 22.8 Å². The molecule has 0 radical (unpaired) electrons. The van der Waals surface area contributed by atoms with E-state index >= 15 is 0 Å². The minimum atomic E-state index is -3.91. The molecule has 0 aliphatic carbocycles. The molecular weight excluding hydrogens is 408 g/mol. The smallest absolute Gasteiger partial charge is 0.251 e. The van der Waals surface area contributed by atoms with Crippen LogP contribution in [0.25, 0.3) is 0 Å². The molecule has 10 heteroatoms. The van der Waals surface area contributed by atoms with Crippen LogP contribution in [-0.4, -0.2) is 39.2 Å². The van der Waals surface area contributed by atoms with Gasteiger partial charge in [0.1, 0.15) is 0 Å². The van der Waals surface area contributed by atoms with Crippen molar-refractivity contribution < 1.29 is 22.8 Å². The largest absolute Gasteiger partial charge is 0.343 e. The van der Waals surface area contributed by atoms with E-state index in [4.69, 9.17) is 5.14 Å². The van der Waals surface area contributed by atoms with Crippen molar-refractivity contribution in [2.75, 3.05) is 23.3 Å². The zero-order chi connectivity index (χ0) is 21.9. The van der Waals surface area contributed by atoms with E-state index in [0.29, 0.717) is 24.1 Å². The van der Waals surface area contributed by atoms with Crippen LogP contribution in [0.4, 0.5) is 11.4 Å². The number of hydrogen-bond acceptors (Lipinski definition) is 5. The van der Waals surface area contributed by atoms with Crippen molar-refractivity contribution in [3.63, 3.8) is 0 Å². The summed E-state index contributed by atoms with van der Waals surface area (Å²) in [4.78, 5) is 37.7. The van der Waals surface area contributed by atoms with Gasteiger partial charge in [-0.3, -0.25) is 14.4 Å². The maximum Gasteiger partial charge on any atom is 0.251 e. The minimum absolute atomic E-state index is 0.0607. The van der Waals surface area contributed by atoms with Crippen LogP contribution in [0.2, 0.25) is 0 Å². The third kappa shape index (κ3) is 5.02. The Balaban J connectivity index is 1.57. The first-order chi connectivity index (χ1) is 14.1. The Morgan fingerprint density at radius 2 is 1.83 bits per heavy atom. The summed E-state index contributed by atoms with van der Waals surface area (Å²) < 4.78 is 23.2. The highest BCUT2D eigenvalue weighted by atomic mass is 32.2. The third-order valence-corrected chi connectivity index (χ3v) is 5.76. The number of hydrogen-bond donors (Lipinski definition) is 3. The van der Waals surface area contributed by atoms with E-state index in [1.807, 2.05) is 0 Å². The van der Waals surface area contributed by atoms with Gasteiger partial charge in [-0.15, -0.1) is 0 Å². The lowest BCUT2D eigenvalue weighted by atomic mass is 10.2. The molecule has 2 aromatic rings. The highest BCUT2D eigenvalue weighted by Gasteiger charge is 2.21. The van der Waals surface area contributed by atoms with Crippen molar-refractivity contribution in [3.05, 3.63) is 53.6 Å². The zero-order valence-corrected chi connectivity index (χ0v) is 17.2. The van der Waals surface area contributed by atoms with Crippen molar-refractivity contribution in [1.29, 1.82) is 0 Å². The molecule has 0 bridgehead atoms. The molecule has 9 nitrogen and oxygen atoms in total. The normalized spacial score (nSPS) is 13.9. The predicted molar refractivity (Wildman–Crippen MR) is 112 cm³/mol. The average molecular weight is 430 g/mol. The first kappa shape index (κ1) is 21.5. The second-order valence-electron chi connectivity index (χ2n) is 6.95. The fourth-order valence-corrected chi connectivity index (χ4v) is 3.97. The van der Waals surface area contributed by atoms with Gasteiger partial charge in [0.15, 0.2) is 0 Å². The minimum Gasteiger partial charge on any atom is -0.343 e. The number of carbonyl (C=O) groups is 3. The van der Waals surface area contributed by atoms with E-state index in [1.54, 1.807) is 42.2 Å². The van der Waals surface area contributed by atoms with Crippen molar-refractivity contribution in [2.24, 2.45) is 5.14 Å². The molecule has 1 saturated heterocycles. The number of aryl methyl sites for hydroxylation is 1. The van der Waals surface area contributed by atoms with Gasteiger partial charge in [0, 0.05) is 29.9 Å². The van der Waals surface area contributed by atoms with Gasteiger partial charge in [0.05, 0.1) is 11.4 Å². The molecule has 1 heterocycles. The second-order valence-corrected chi connectivity index (χ2v) is 8.48. The number of amides is 3. The van der Waals surface area contributed by atoms with Gasteiger partial charge < -0.3 is 15.5 Å². The topological polar surface area (TPSA) is 139 Å². The predicted octanol–water partition coefficient (Wildman–Crippen LogP) is 1.14. The Morgan fingerprint density at radius 3 is 2.43 bits per heavy atom. The van der Waals surface area contributed by atoms with E-state index in [2.05, 4.69) is 10.6 Å². The first-order valence-corrected chi connectivity index (χ1v) is 10.8. The van der Waals surface area contributed by atoms with Crippen molar-refractivity contribution in [1.82, 2.24) is 5.32 Å². The number of primary sulfonamides is 1. The highest BCUT2D eigenvalue weighted by molar-refractivity contribution is 7.89.